The summed E-state index contributed by atoms with van der Waals surface area (Å²) < 4.78 is 17.2. The number of hydrogen-bond acceptors (Lipinski definition) is 2. The van der Waals surface area contributed by atoms with Crippen LogP contribution in [0.15, 0.2) is 0 Å². The number of amides is 1. The molecule has 1 N–H and O–H groups in total. The monoisotopic (exact) mass is 247 g/mol. The summed E-state index contributed by atoms with van der Waals surface area (Å²) in [5, 5.41) is 2.79. The predicted octanol–water partition coefficient (Wildman–Crippen LogP) is 3.68. The summed E-state index contributed by atoms with van der Waals surface area (Å²) in [5.41, 5.74) is -0.469. The van der Waals surface area contributed by atoms with Gasteiger partial charge < -0.3 is 10.1 Å². The van der Waals surface area contributed by atoms with Crippen molar-refractivity contribution in [1.29, 1.82) is 0 Å². The lowest BCUT2D eigenvalue weighted by molar-refractivity contribution is 0.0502. The van der Waals surface area contributed by atoms with Gasteiger partial charge in [-0.1, -0.05) is 6.92 Å². The molecule has 2 atom stereocenters. The molecule has 0 saturated heterocycles. The van der Waals surface area contributed by atoms with Crippen molar-refractivity contribution in [3.05, 3.63) is 0 Å². The van der Waals surface area contributed by atoms with Crippen molar-refractivity contribution in [2.24, 2.45) is 5.92 Å². The molecule has 0 aromatic rings. The molecule has 0 aliphatic rings. The maximum Gasteiger partial charge on any atom is 0.407 e. The van der Waals surface area contributed by atoms with Crippen LogP contribution < -0.4 is 5.32 Å². The van der Waals surface area contributed by atoms with Gasteiger partial charge in [-0.05, 0) is 52.9 Å². The summed E-state index contributed by atoms with van der Waals surface area (Å²) in [6.45, 7) is 9.25. The number of halogens is 1. The molecule has 0 aliphatic carbocycles. The molecule has 102 valence electrons. The predicted molar refractivity (Wildman–Crippen MR) is 67.8 cm³/mol. The van der Waals surface area contributed by atoms with Crippen molar-refractivity contribution in [3.8, 4) is 0 Å². The van der Waals surface area contributed by atoms with E-state index in [1.807, 2.05) is 27.7 Å². The summed E-state index contributed by atoms with van der Waals surface area (Å²) in [7, 11) is 0. The second kappa shape index (κ2) is 7.51. The molecular formula is C13H26FNO2. The number of hydrogen-bond donors (Lipinski definition) is 1. The minimum absolute atomic E-state index is 0.0551. The molecule has 0 heterocycles. The van der Waals surface area contributed by atoms with Gasteiger partial charge in [0.1, 0.15) is 5.60 Å². The van der Waals surface area contributed by atoms with E-state index in [2.05, 4.69) is 12.2 Å². The Kier molecular flexibility index (Phi) is 7.16. The van der Waals surface area contributed by atoms with E-state index < -0.39 is 5.60 Å². The number of nitrogens with one attached hydrogen (secondary N) is 1. The fourth-order valence-electron chi connectivity index (χ4n) is 1.71. The second-order valence-electron chi connectivity index (χ2n) is 5.72. The first-order valence-corrected chi connectivity index (χ1v) is 6.30. The summed E-state index contributed by atoms with van der Waals surface area (Å²) in [4.78, 5) is 11.5. The SMILES string of the molecule is C[C@@H](CCCF)C[C@H](C)NC(=O)OC(C)(C)C. The van der Waals surface area contributed by atoms with Crippen LogP contribution >= 0.6 is 0 Å². The summed E-state index contributed by atoms with van der Waals surface area (Å²) in [6.07, 6.45) is 1.92. The topological polar surface area (TPSA) is 38.3 Å². The summed E-state index contributed by atoms with van der Waals surface area (Å²) >= 11 is 0. The highest BCUT2D eigenvalue weighted by Crippen LogP contribution is 2.13. The van der Waals surface area contributed by atoms with Gasteiger partial charge in [0.25, 0.3) is 0 Å². The Morgan fingerprint density at radius 2 is 1.94 bits per heavy atom. The van der Waals surface area contributed by atoms with E-state index in [1.54, 1.807) is 0 Å². The van der Waals surface area contributed by atoms with Crippen LogP contribution in [0.4, 0.5) is 9.18 Å². The van der Waals surface area contributed by atoms with Crippen molar-refractivity contribution in [1.82, 2.24) is 5.32 Å². The first kappa shape index (κ1) is 16.2. The van der Waals surface area contributed by atoms with Gasteiger partial charge in [-0.3, -0.25) is 4.39 Å². The molecule has 4 heteroatoms. The average Bonchev–Trinajstić information content (AvgIpc) is 2.10. The van der Waals surface area contributed by atoms with Crippen molar-refractivity contribution in [2.75, 3.05) is 6.67 Å². The van der Waals surface area contributed by atoms with Crippen LogP contribution in [0.25, 0.3) is 0 Å². The number of ether oxygens (including phenoxy) is 1. The zero-order valence-corrected chi connectivity index (χ0v) is 11.7. The minimum Gasteiger partial charge on any atom is -0.444 e. The highest BCUT2D eigenvalue weighted by atomic mass is 19.1. The molecule has 0 aliphatic heterocycles. The average molecular weight is 247 g/mol. The number of alkyl carbamates (subject to hydrolysis) is 1. The Morgan fingerprint density at radius 1 is 1.35 bits per heavy atom. The van der Waals surface area contributed by atoms with Crippen LogP contribution in [0.1, 0.15) is 53.9 Å². The molecule has 1 amide bonds. The van der Waals surface area contributed by atoms with E-state index in [0.29, 0.717) is 12.3 Å². The van der Waals surface area contributed by atoms with Crippen LogP contribution in [0.3, 0.4) is 0 Å². The standard InChI is InChI=1S/C13H26FNO2/c1-10(7-6-8-14)9-11(2)15-12(16)17-13(3,4)5/h10-11H,6-9H2,1-5H3,(H,15,16)/t10-,11-/m0/s1. The number of carbonyl (C=O) groups excluding carboxylic acids is 1. The fraction of sp³-hybridized carbons (Fsp3) is 0.923. The van der Waals surface area contributed by atoms with Crippen LogP contribution in [-0.4, -0.2) is 24.4 Å². The van der Waals surface area contributed by atoms with Gasteiger partial charge in [0.2, 0.25) is 0 Å². The Bertz CT molecular complexity index is 226. The maximum atomic E-state index is 12.0. The molecular weight excluding hydrogens is 221 g/mol. The van der Waals surface area contributed by atoms with E-state index in [1.165, 1.54) is 0 Å². The highest BCUT2D eigenvalue weighted by Gasteiger charge is 2.18. The van der Waals surface area contributed by atoms with Crippen molar-refractivity contribution >= 4 is 6.09 Å². The Hall–Kier alpha value is -0.800. The quantitative estimate of drug-likeness (QED) is 0.777. The third kappa shape index (κ3) is 10.1. The summed E-state index contributed by atoms with van der Waals surface area (Å²) in [5.74, 6) is 0.413. The van der Waals surface area contributed by atoms with Crippen LogP contribution in [0, 0.1) is 5.92 Å². The van der Waals surface area contributed by atoms with Gasteiger partial charge in [-0.15, -0.1) is 0 Å². The molecule has 0 fully saturated rings. The van der Waals surface area contributed by atoms with Crippen LogP contribution in [-0.2, 0) is 4.74 Å². The van der Waals surface area contributed by atoms with Gasteiger partial charge in [-0.25, -0.2) is 4.79 Å². The van der Waals surface area contributed by atoms with Gasteiger partial charge in [0.05, 0.1) is 6.67 Å². The van der Waals surface area contributed by atoms with E-state index in [9.17, 15) is 9.18 Å². The zero-order valence-electron chi connectivity index (χ0n) is 11.7. The first-order valence-electron chi connectivity index (χ1n) is 6.30. The number of rotatable bonds is 6. The minimum atomic E-state index is -0.469. The third-order valence-corrected chi connectivity index (χ3v) is 2.35. The lowest BCUT2D eigenvalue weighted by Gasteiger charge is -2.23. The van der Waals surface area contributed by atoms with Gasteiger partial charge in [0.15, 0.2) is 0 Å². The zero-order chi connectivity index (χ0) is 13.5. The molecule has 0 rings (SSSR count). The van der Waals surface area contributed by atoms with Crippen LogP contribution in [0.2, 0.25) is 0 Å². The van der Waals surface area contributed by atoms with Crippen molar-refractivity contribution in [3.63, 3.8) is 0 Å². The Balaban J connectivity index is 3.85. The van der Waals surface area contributed by atoms with Crippen LogP contribution in [0.5, 0.6) is 0 Å². The van der Waals surface area contributed by atoms with Crippen molar-refractivity contribution in [2.45, 2.75) is 65.5 Å². The normalized spacial score (nSPS) is 15.2. The Morgan fingerprint density at radius 3 is 2.41 bits per heavy atom. The molecule has 17 heavy (non-hydrogen) atoms. The molecule has 0 aromatic heterocycles. The largest absolute Gasteiger partial charge is 0.444 e. The van der Waals surface area contributed by atoms with E-state index >= 15 is 0 Å². The molecule has 0 bridgehead atoms. The smallest absolute Gasteiger partial charge is 0.407 e. The first-order chi connectivity index (χ1) is 7.74. The van der Waals surface area contributed by atoms with Crippen molar-refractivity contribution < 1.29 is 13.9 Å². The molecule has 0 radical (unpaired) electrons. The molecule has 0 spiro atoms. The van der Waals surface area contributed by atoms with E-state index in [4.69, 9.17) is 4.74 Å². The molecule has 0 unspecified atom stereocenters. The Labute approximate surface area is 104 Å². The maximum absolute atomic E-state index is 12.0. The molecule has 0 aromatic carbocycles. The fourth-order valence-corrected chi connectivity index (χ4v) is 1.71. The highest BCUT2D eigenvalue weighted by molar-refractivity contribution is 5.67. The number of alkyl halides is 1. The lowest BCUT2D eigenvalue weighted by Crippen LogP contribution is -2.38. The summed E-state index contributed by atoms with van der Waals surface area (Å²) in [6, 6.07) is 0.0551. The van der Waals surface area contributed by atoms with Gasteiger partial charge >= 0.3 is 6.09 Å². The second-order valence-corrected chi connectivity index (χ2v) is 5.72. The van der Waals surface area contributed by atoms with Gasteiger partial charge in [-0.2, -0.15) is 0 Å². The van der Waals surface area contributed by atoms with E-state index in [-0.39, 0.29) is 18.8 Å². The molecule has 3 nitrogen and oxygen atoms in total. The van der Waals surface area contributed by atoms with Gasteiger partial charge in [0, 0.05) is 6.04 Å². The molecule has 0 saturated carbocycles. The number of carbonyl (C=O) groups is 1. The lowest BCUT2D eigenvalue weighted by atomic mass is 9.98. The third-order valence-electron chi connectivity index (χ3n) is 2.35. The van der Waals surface area contributed by atoms with E-state index in [0.717, 1.165) is 12.8 Å².